The van der Waals surface area contributed by atoms with Crippen molar-refractivity contribution in [3.8, 4) is 0 Å². The lowest BCUT2D eigenvalue weighted by atomic mass is 9.91. The van der Waals surface area contributed by atoms with E-state index < -0.39 is 11.5 Å². The highest BCUT2D eigenvalue weighted by Crippen LogP contribution is 2.35. The highest BCUT2D eigenvalue weighted by Gasteiger charge is 2.49. The van der Waals surface area contributed by atoms with Gasteiger partial charge in [-0.25, -0.2) is 4.79 Å². The second-order valence-electron chi connectivity index (χ2n) is 8.72. The van der Waals surface area contributed by atoms with Crippen molar-refractivity contribution in [2.24, 2.45) is 0 Å². The Balaban J connectivity index is 1.75. The Hall–Kier alpha value is -2.81. The molecule has 1 aromatic heterocycles. The number of nitrogens with one attached hydrogen (secondary N) is 1. The molecule has 1 atom stereocenters. The molecule has 2 aromatic rings. The van der Waals surface area contributed by atoms with Gasteiger partial charge in [-0.1, -0.05) is 25.3 Å². The highest BCUT2D eigenvalue weighted by molar-refractivity contribution is 7.98. The van der Waals surface area contributed by atoms with Gasteiger partial charge in [0.2, 0.25) is 5.91 Å². The summed E-state index contributed by atoms with van der Waals surface area (Å²) in [5.41, 5.74) is -0.250. The number of hydrogen-bond acceptors (Lipinski definition) is 6. The van der Waals surface area contributed by atoms with Crippen LogP contribution in [-0.2, 0) is 16.1 Å². The maximum Gasteiger partial charge on any atom is 0.358 e. The average molecular weight is 471 g/mol. The largest absolute Gasteiger partial charge is 0.461 e. The first-order valence-electron chi connectivity index (χ1n) is 11.4. The monoisotopic (exact) mass is 470 g/mol. The van der Waals surface area contributed by atoms with Crippen LogP contribution in [0.3, 0.4) is 0 Å². The number of thioether (sulfide) groups is 1. The zero-order valence-corrected chi connectivity index (χ0v) is 20.1. The molecule has 0 bridgehead atoms. The van der Waals surface area contributed by atoms with Crippen molar-refractivity contribution in [3.63, 3.8) is 0 Å². The van der Waals surface area contributed by atoms with Crippen molar-refractivity contribution < 1.29 is 19.1 Å². The van der Waals surface area contributed by atoms with Crippen LogP contribution >= 0.6 is 11.8 Å². The molecule has 33 heavy (non-hydrogen) atoms. The van der Waals surface area contributed by atoms with Crippen LogP contribution in [0.1, 0.15) is 66.9 Å². The van der Waals surface area contributed by atoms with Crippen LogP contribution in [0.2, 0.25) is 0 Å². The second kappa shape index (κ2) is 9.59. The number of hydrogen-bond donors (Lipinski definition) is 1. The second-order valence-corrected chi connectivity index (χ2v) is 9.60. The van der Waals surface area contributed by atoms with Gasteiger partial charge in [0, 0.05) is 22.7 Å². The number of ether oxygens (including phenoxy) is 1. The van der Waals surface area contributed by atoms with Gasteiger partial charge < -0.3 is 10.1 Å². The van der Waals surface area contributed by atoms with E-state index in [0.29, 0.717) is 5.69 Å². The molecule has 176 valence electrons. The maximum atomic E-state index is 13.7. The number of aromatic nitrogens is 2. The summed E-state index contributed by atoms with van der Waals surface area (Å²) in [7, 11) is 0. The number of esters is 1. The molecule has 1 saturated carbocycles. The molecule has 8 nitrogen and oxygen atoms in total. The van der Waals surface area contributed by atoms with Gasteiger partial charge in [-0.2, -0.15) is 5.10 Å². The first kappa shape index (κ1) is 23.4. The Bertz CT molecular complexity index is 1060. The maximum absolute atomic E-state index is 13.7. The quantitative estimate of drug-likeness (QED) is 0.512. The van der Waals surface area contributed by atoms with Gasteiger partial charge in [0.25, 0.3) is 5.91 Å². The molecular formula is C24H30N4O4S. The molecule has 1 aliphatic carbocycles. The molecule has 1 aliphatic heterocycles. The van der Waals surface area contributed by atoms with Crippen LogP contribution in [0.5, 0.6) is 0 Å². The summed E-state index contributed by atoms with van der Waals surface area (Å²) < 4.78 is 6.52. The molecular weight excluding hydrogens is 440 g/mol. The average Bonchev–Trinajstić information content (AvgIpc) is 3.24. The molecule has 1 N–H and O–H groups in total. The number of amides is 2. The van der Waals surface area contributed by atoms with Gasteiger partial charge in [0.05, 0.1) is 13.2 Å². The van der Waals surface area contributed by atoms with Gasteiger partial charge in [-0.15, -0.1) is 11.8 Å². The summed E-state index contributed by atoms with van der Waals surface area (Å²) in [4.78, 5) is 42.2. The minimum Gasteiger partial charge on any atom is -0.461 e. The fraction of sp³-hybridized carbons (Fsp3) is 0.500. The predicted octanol–water partition coefficient (Wildman–Crippen LogP) is 3.65. The van der Waals surface area contributed by atoms with E-state index >= 15 is 0 Å². The van der Waals surface area contributed by atoms with Crippen molar-refractivity contribution in [1.29, 1.82) is 0 Å². The van der Waals surface area contributed by atoms with Crippen molar-refractivity contribution in [1.82, 2.24) is 15.1 Å². The minimum absolute atomic E-state index is 0.0648. The van der Waals surface area contributed by atoms with Crippen LogP contribution in [0.15, 0.2) is 35.2 Å². The van der Waals surface area contributed by atoms with Gasteiger partial charge >= 0.3 is 5.97 Å². The predicted molar refractivity (Wildman–Crippen MR) is 127 cm³/mol. The number of carbonyl (C=O) groups is 3. The molecule has 0 spiro atoms. The lowest BCUT2D eigenvalue weighted by Crippen LogP contribution is -2.65. The van der Waals surface area contributed by atoms with Crippen molar-refractivity contribution in [2.45, 2.75) is 69.0 Å². The lowest BCUT2D eigenvalue weighted by molar-refractivity contribution is -0.127. The zero-order chi connectivity index (χ0) is 23.6. The van der Waals surface area contributed by atoms with Crippen LogP contribution < -0.4 is 10.2 Å². The summed E-state index contributed by atoms with van der Waals surface area (Å²) in [6.45, 7) is 3.83. The Labute approximate surface area is 198 Å². The van der Waals surface area contributed by atoms with E-state index in [1.165, 1.54) is 17.2 Å². The molecule has 0 unspecified atom stereocenters. The summed E-state index contributed by atoms with van der Waals surface area (Å²) in [5, 5.41) is 7.50. The topological polar surface area (TPSA) is 93.5 Å². The van der Waals surface area contributed by atoms with Crippen molar-refractivity contribution >= 4 is 35.2 Å². The third-order valence-corrected chi connectivity index (χ3v) is 7.10. The number of nitrogens with zero attached hydrogens (tertiary/aromatic N) is 3. The zero-order valence-electron chi connectivity index (χ0n) is 19.3. The normalized spacial score (nSPS) is 20.9. The van der Waals surface area contributed by atoms with E-state index in [1.54, 1.807) is 30.5 Å². The molecule has 4 rings (SSSR count). The van der Waals surface area contributed by atoms with E-state index in [2.05, 4.69) is 10.4 Å². The molecule has 2 amide bonds. The summed E-state index contributed by atoms with van der Waals surface area (Å²) in [5.74, 6) is -1.17. The van der Waals surface area contributed by atoms with E-state index in [-0.39, 0.29) is 42.4 Å². The lowest BCUT2D eigenvalue weighted by Gasteiger charge is -2.44. The minimum atomic E-state index is -1.21. The van der Waals surface area contributed by atoms with Crippen molar-refractivity contribution in [3.05, 3.63) is 41.7 Å². The SMILES string of the molecule is CCOC(=O)c1cc2n(n1)C[C@@](C)(C(=O)NC1CCCCC1)N(c1cccc(SC)c1)C2=O. The van der Waals surface area contributed by atoms with Gasteiger partial charge in [0.15, 0.2) is 5.69 Å². The van der Waals surface area contributed by atoms with E-state index in [4.69, 9.17) is 4.74 Å². The molecule has 2 heterocycles. The number of carbonyl (C=O) groups excluding carboxylic acids is 3. The molecule has 9 heteroatoms. The number of anilines is 1. The number of benzene rings is 1. The summed E-state index contributed by atoms with van der Waals surface area (Å²) in [6.07, 6.45) is 7.21. The Morgan fingerprint density at radius 2 is 2.00 bits per heavy atom. The first-order chi connectivity index (χ1) is 15.9. The van der Waals surface area contributed by atoms with Crippen LogP contribution in [0, 0.1) is 0 Å². The highest BCUT2D eigenvalue weighted by atomic mass is 32.2. The molecule has 0 radical (unpaired) electrons. The van der Waals surface area contributed by atoms with E-state index in [1.807, 2.05) is 30.5 Å². The smallest absolute Gasteiger partial charge is 0.358 e. The van der Waals surface area contributed by atoms with Crippen molar-refractivity contribution in [2.75, 3.05) is 17.8 Å². The van der Waals surface area contributed by atoms with Gasteiger partial charge in [0.1, 0.15) is 11.2 Å². The Kier molecular flexibility index (Phi) is 6.78. The summed E-state index contributed by atoms with van der Waals surface area (Å²) >= 11 is 1.57. The van der Waals surface area contributed by atoms with Gasteiger partial charge in [-0.3, -0.25) is 19.2 Å². The number of fused-ring (bicyclic) bond motifs is 1. The first-order valence-corrected chi connectivity index (χ1v) is 12.6. The number of rotatable bonds is 6. The van der Waals surface area contributed by atoms with Gasteiger partial charge in [-0.05, 0) is 51.1 Å². The van der Waals surface area contributed by atoms with Crippen LogP contribution in [0.4, 0.5) is 5.69 Å². The van der Waals surface area contributed by atoms with Crippen LogP contribution in [-0.4, -0.2) is 52.0 Å². The molecule has 1 aromatic carbocycles. The van der Waals surface area contributed by atoms with E-state index in [0.717, 1.165) is 30.6 Å². The third kappa shape index (κ3) is 4.51. The summed E-state index contributed by atoms with van der Waals surface area (Å²) in [6, 6.07) is 9.14. The van der Waals surface area contributed by atoms with E-state index in [9.17, 15) is 14.4 Å². The molecule has 1 fully saturated rings. The van der Waals surface area contributed by atoms with Crippen LogP contribution in [0.25, 0.3) is 0 Å². The Morgan fingerprint density at radius 1 is 1.24 bits per heavy atom. The third-order valence-electron chi connectivity index (χ3n) is 6.38. The standard InChI is InChI=1S/C24H30N4O4S/c1-4-32-22(30)19-14-20-21(29)28(17-11-8-12-18(13-17)33-3)24(2,15-27(20)26-19)23(31)25-16-9-6-5-7-10-16/h8,11-14,16H,4-7,9-10,15H2,1-3H3,(H,25,31)/t24-/m0/s1. The molecule has 2 aliphatic rings. The fourth-order valence-corrected chi connectivity index (χ4v) is 5.08. The Morgan fingerprint density at radius 3 is 2.70 bits per heavy atom. The fourth-order valence-electron chi connectivity index (χ4n) is 4.63. The molecule has 0 saturated heterocycles.